The minimum Gasteiger partial charge on any atom is -0.246 e. The van der Waals surface area contributed by atoms with Crippen molar-refractivity contribution in [3.8, 4) is 0 Å². The first-order chi connectivity index (χ1) is 4.41. The van der Waals surface area contributed by atoms with Crippen molar-refractivity contribution in [1.82, 2.24) is 0 Å². The molecule has 8 heteroatoms. The second kappa shape index (κ2) is 2.16. The second-order valence-corrected chi connectivity index (χ2v) is 4.68. The van der Waals surface area contributed by atoms with Crippen LogP contribution in [-0.4, -0.2) is 29.2 Å². The zero-order chi connectivity index (χ0) is 7.83. The summed E-state index contributed by atoms with van der Waals surface area (Å²) in [5, 5.41) is 0. The summed E-state index contributed by atoms with van der Waals surface area (Å²) in [6, 6.07) is 0. The van der Waals surface area contributed by atoms with Crippen LogP contribution in [-0.2, 0) is 28.3 Å². The molecular weight excluding hydrogens is 184 g/mol. The first kappa shape index (κ1) is 7.92. The molecule has 0 amide bonds. The molecule has 0 aromatic rings. The van der Waals surface area contributed by atoms with Gasteiger partial charge in [0.05, 0.1) is 6.61 Å². The van der Waals surface area contributed by atoms with E-state index in [2.05, 4.69) is 7.81 Å². The van der Waals surface area contributed by atoms with E-state index in [-0.39, 0.29) is 6.61 Å². The van der Waals surface area contributed by atoms with Gasteiger partial charge in [-0.3, -0.25) is 0 Å². The van der Waals surface area contributed by atoms with Gasteiger partial charge in [0, 0.05) is 0 Å². The van der Waals surface area contributed by atoms with Gasteiger partial charge in [0.15, 0.2) is 0 Å². The lowest BCUT2D eigenvalue weighted by Gasteiger charge is -2.10. The van der Waals surface area contributed by atoms with Crippen LogP contribution in [0.3, 0.4) is 0 Å². The van der Waals surface area contributed by atoms with Gasteiger partial charge in [0.1, 0.15) is 5.75 Å². The van der Waals surface area contributed by atoms with Gasteiger partial charge in [-0.1, -0.05) is 0 Å². The molecule has 10 heavy (non-hydrogen) atoms. The Bertz CT molecular complexity index is 276. The highest BCUT2D eigenvalue weighted by Crippen LogP contribution is 2.09. The Hall–Kier alpha value is -0.180. The molecule has 0 radical (unpaired) electrons. The summed E-state index contributed by atoms with van der Waals surface area (Å²) < 4.78 is 48.8. The summed E-state index contributed by atoms with van der Waals surface area (Å²) >= 11 is 0. The Labute approximate surface area is 58.2 Å². The number of rotatable bonds is 0. The van der Waals surface area contributed by atoms with Crippen LogP contribution in [0.25, 0.3) is 0 Å². The summed E-state index contributed by atoms with van der Waals surface area (Å²) in [6.07, 6.45) is 0. The lowest BCUT2D eigenvalue weighted by molar-refractivity contribution is 0.269. The van der Waals surface area contributed by atoms with Crippen molar-refractivity contribution < 1.29 is 24.6 Å². The molecule has 0 aliphatic carbocycles. The van der Waals surface area contributed by atoms with Crippen LogP contribution in [0.1, 0.15) is 0 Å². The molecular formula is C2H4O6S2. The molecule has 0 N–H and O–H groups in total. The second-order valence-electron chi connectivity index (χ2n) is 1.56. The largest absolute Gasteiger partial charge is 0.414 e. The molecule has 0 bridgehead atoms. The summed E-state index contributed by atoms with van der Waals surface area (Å²) in [4.78, 5) is 0. The molecule has 0 unspecified atom stereocenters. The van der Waals surface area contributed by atoms with E-state index >= 15 is 0 Å². The van der Waals surface area contributed by atoms with Crippen molar-refractivity contribution in [3.63, 3.8) is 0 Å². The SMILES string of the molecule is O=S1(=O)CCOS(=O)(=O)O1. The van der Waals surface area contributed by atoms with Crippen LogP contribution in [0.2, 0.25) is 0 Å². The van der Waals surface area contributed by atoms with Crippen LogP contribution >= 0.6 is 0 Å². The summed E-state index contributed by atoms with van der Waals surface area (Å²) in [5.74, 6) is -0.424. The van der Waals surface area contributed by atoms with E-state index in [9.17, 15) is 16.8 Å². The molecule has 1 aliphatic rings. The average molecular weight is 188 g/mol. The molecule has 0 aromatic heterocycles. The van der Waals surface area contributed by atoms with Gasteiger partial charge in [0.25, 0.3) is 10.1 Å². The standard InChI is InChI=1S/C2H4O6S2/c3-9(4)2-1-7-10(5,6)8-9/h1-2H2. The fourth-order valence-corrected chi connectivity index (χ4v) is 2.54. The van der Waals surface area contributed by atoms with E-state index in [0.29, 0.717) is 0 Å². The van der Waals surface area contributed by atoms with E-state index in [4.69, 9.17) is 0 Å². The third-order valence-corrected chi connectivity index (χ3v) is 3.37. The third-order valence-electron chi connectivity index (χ3n) is 0.748. The highest BCUT2D eigenvalue weighted by molar-refractivity contribution is 7.98. The zero-order valence-corrected chi connectivity index (χ0v) is 6.31. The Morgan fingerprint density at radius 1 is 1.10 bits per heavy atom. The van der Waals surface area contributed by atoms with Crippen molar-refractivity contribution >= 4 is 20.5 Å². The fraction of sp³-hybridized carbons (Fsp3) is 1.00. The Morgan fingerprint density at radius 3 is 2.00 bits per heavy atom. The van der Waals surface area contributed by atoms with E-state index in [1.807, 2.05) is 0 Å². The van der Waals surface area contributed by atoms with Crippen LogP contribution in [0, 0.1) is 0 Å². The van der Waals surface area contributed by atoms with Gasteiger partial charge < -0.3 is 0 Å². The van der Waals surface area contributed by atoms with Gasteiger partial charge in [-0.15, -0.1) is 3.63 Å². The summed E-state index contributed by atoms with van der Waals surface area (Å²) in [6.45, 7) is -0.370. The fourth-order valence-electron chi connectivity index (χ4n) is 0.419. The van der Waals surface area contributed by atoms with Crippen molar-refractivity contribution in [2.75, 3.05) is 12.4 Å². The van der Waals surface area contributed by atoms with Gasteiger partial charge in [-0.05, 0) is 0 Å². The maximum absolute atomic E-state index is 10.4. The van der Waals surface area contributed by atoms with Crippen LogP contribution in [0.4, 0.5) is 0 Å². The maximum atomic E-state index is 10.4. The minimum absolute atomic E-state index is 0.370. The van der Waals surface area contributed by atoms with E-state index in [1.54, 1.807) is 0 Å². The lowest BCUT2D eigenvalue weighted by atomic mass is 10.9. The Balaban J connectivity index is 2.97. The molecule has 1 aliphatic heterocycles. The first-order valence-corrected chi connectivity index (χ1v) is 5.15. The lowest BCUT2D eigenvalue weighted by Crippen LogP contribution is -2.27. The predicted molar refractivity (Wildman–Crippen MR) is 29.7 cm³/mol. The molecule has 1 fully saturated rings. The van der Waals surface area contributed by atoms with E-state index in [0.717, 1.165) is 0 Å². The topological polar surface area (TPSA) is 86.7 Å². The summed E-state index contributed by atoms with van der Waals surface area (Å²) in [5.41, 5.74) is 0. The third kappa shape index (κ3) is 1.90. The number of hydrogen-bond acceptors (Lipinski definition) is 6. The summed E-state index contributed by atoms with van der Waals surface area (Å²) in [7, 11) is -8.18. The first-order valence-electron chi connectivity index (χ1n) is 2.24. The molecule has 0 spiro atoms. The van der Waals surface area contributed by atoms with Gasteiger partial charge in [-0.25, -0.2) is 4.18 Å². The molecule has 1 heterocycles. The van der Waals surface area contributed by atoms with Crippen molar-refractivity contribution in [2.24, 2.45) is 0 Å². The smallest absolute Gasteiger partial charge is 0.246 e. The molecule has 0 atom stereocenters. The van der Waals surface area contributed by atoms with Gasteiger partial charge >= 0.3 is 10.4 Å². The Kier molecular flexibility index (Phi) is 1.71. The Morgan fingerprint density at radius 2 is 1.70 bits per heavy atom. The molecule has 1 saturated heterocycles. The quantitative estimate of drug-likeness (QED) is 0.465. The van der Waals surface area contributed by atoms with Gasteiger partial charge in [0.2, 0.25) is 0 Å². The molecule has 0 saturated carbocycles. The van der Waals surface area contributed by atoms with E-state index < -0.39 is 26.3 Å². The maximum Gasteiger partial charge on any atom is 0.414 e. The molecule has 1 rings (SSSR count). The number of hydrogen-bond donors (Lipinski definition) is 0. The minimum atomic E-state index is -4.28. The average Bonchev–Trinajstić information content (AvgIpc) is 1.56. The van der Waals surface area contributed by atoms with Crippen LogP contribution in [0.15, 0.2) is 0 Å². The highest BCUT2D eigenvalue weighted by Gasteiger charge is 2.29. The monoisotopic (exact) mass is 188 g/mol. The van der Waals surface area contributed by atoms with Gasteiger partial charge in [-0.2, -0.15) is 16.8 Å². The van der Waals surface area contributed by atoms with Crippen LogP contribution < -0.4 is 0 Å². The van der Waals surface area contributed by atoms with E-state index in [1.165, 1.54) is 0 Å². The molecule has 60 valence electrons. The normalized spacial score (nSPS) is 29.6. The predicted octanol–water partition coefficient (Wildman–Crippen LogP) is -1.39. The van der Waals surface area contributed by atoms with Crippen LogP contribution in [0.5, 0.6) is 0 Å². The molecule has 6 nitrogen and oxygen atoms in total. The molecule has 0 aromatic carbocycles. The highest BCUT2D eigenvalue weighted by atomic mass is 32.3. The van der Waals surface area contributed by atoms with Crippen molar-refractivity contribution in [2.45, 2.75) is 0 Å². The van der Waals surface area contributed by atoms with Crippen molar-refractivity contribution in [3.05, 3.63) is 0 Å². The van der Waals surface area contributed by atoms with Crippen molar-refractivity contribution in [1.29, 1.82) is 0 Å². The zero-order valence-electron chi connectivity index (χ0n) is 4.68.